The number of ketones is 1. The Kier molecular flexibility index (Phi) is 5.14. The van der Waals surface area contributed by atoms with Gasteiger partial charge >= 0.3 is 5.97 Å². The number of halogens is 1. The van der Waals surface area contributed by atoms with Gasteiger partial charge in [-0.25, -0.2) is 4.39 Å². The number of carbonyl (C=O) groups is 2. The summed E-state index contributed by atoms with van der Waals surface area (Å²) in [7, 11) is 1.16. The van der Waals surface area contributed by atoms with Crippen LogP contribution in [0, 0.1) is 5.82 Å². The monoisotopic (exact) mass is 270 g/mol. The predicted molar refractivity (Wildman–Crippen MR) is 64.0 cm³/mol. The molecule has 0 radical (unpaired) electrons. The van der Waals surface area contributed by atoms with Crippen molar-refractivity contribution in [2.24, 2.45) is 0 Å². The van der Waals surface area contributed by atoms with Crippen LogP contribution in [0.15, 0.2) is 18.2 Å². The molecule has 0 fully saturated rings. The molecule has 0 aliphatic heterocycles. The van der Waals surface area contributed by atoms with E-state index >= 15 is 0 Å². The van der Waals surface area contributed by atoms with Gasteiger partial charge in [0.05, 0.1) is 25.2 Å². The molecule has 0 bridgehead atoms. The van der Waals surface area contributed by atoms with E-state index in [1.165, 1.54) is 13.0 Å². The predicted octanol–water partition coefficient (Wildman–Crippen LogP) is 0.986. The Morgan fingerprint density at radius 3 is 2.53 bits per heavy atom. The number of methoxy groups -OCH3 is 1. The third-order valence-corrected chi connectivity index (χ3v) is 2.68. The maximum absolute atomic E-state index is 13.3. The Hall–Kier alpha value is -1.79. The highest BCUT2D eigenvalue weighted by atomic mass is 19.1. The molecule has 0 saturated heterocycles. The lowest BCUT2D eigenvalue weighted by Gasteiger charge is -2.17. The minimum absolute atomic E-state index is 0.156. The molecule has 0 aliphatic rings. The molecule has 2 unspecified atom stereocenters. The maximum Gasteiger partial charge on any atom is 0.308 e. The van der Waals surface area contributed by atoms with Gasteiger partial charge in [0, 0.05) is 0 Å². The second-order valence-electron chi connectivity index (χ2n) is 4.09. The number of hydrogen-bond acceptors (Lipinski definition) is 5. The second kappa shape index (κ2) is 6.40. The van der Waals surface area contributed by atoms with Crippen LogP contribution in [0.5, 0.6) is 0 Å². The maximum atomic E-state index is 13.3. The Morgan fingerprint density at radius 2 is 2.00 bits per heavy atom. The fourth-order valence-electron chi connectivity index (χ4n) is 1.58. The van der Waals surface area contributed by atoms with Crippen LogP contribution in [0.2, 0.25) is 0 Å². The third kappa shape index (κ3) is 3.84. The van der Waals surface area contributed by atoms with Crippen LogP contribution in [0.1, 0.15) is 35.4 Å². The molecule has 1 aromatic rings. The highest BCUT2D eigenvalue weighted by Crippen LogP contribution is 2.22. The quantitative estimate of drug-likeness (QED) is 0.615. The Bertz CT molecular complexity index is 486. The van der Waals surface area contributed by atoms with Crippen molar-refractivity contribution in [3.05, 3.63) is 35.1 Å². The topological polar surface area (TPSA) is 83.8 Å². The number of aliphatic hydroxyl groups excluding tert-OH is 2. The molecule has 0 aliphatic carbocycles. The lowest BCUT2D eigenvalue weighted by molar-refractivity contribution is -0.144. The van der Waals surface area contributed by atoms with Crippen LogP contribution in [-0.4, -0.2) is 35.2 Å². The molecule has 1 aromatic carbocycles. The zero-order valence-corrected chi connectivity index (χ0v) is 10.6. The molecule has 19 heavy (non-hydrogen) atoms. The lowest BCUT2D eigenvalue weighted by Crippen LogP contribution is -2.23. The number of ether oxygens (including phenoxy) is 1. The molecule has 1 rings (SSSR count). The Balaban J connectivity index is 2.93. The summed E-state index contributed by atoms with van der Waals surface area (Å²) in [6.45, 7) is 1.19. The van der Waals surface area contributed by atoms with Crippen molar-refractivity contribution in [1.29, 1.82) is 0 Å². The zero-order valence-electron chi connectivity index (χ0n) is 10.6. The largest absolute Gasteiger partial charge is 0.469 e. The highest BCUT2D eigenvalue weighted by Gasteiger charge is 2.23. The number of hydrogen-bond donors (Lipinski definition) is 2. The fourth-order valence-corrected chi connectivity index (χ4v) is 1.58. The molecule has 0 amide bonds. The minimum atomic E-state index is -1.40. The summed E-state index contributed by atoms with van der Waals surface area (Å²) in [5.41, 5.74) is -0.0233. The molecule has 0 aromatic heterocycles. The van der Waals surface area contributed by atoms with Crippen molar-refractivity contribution < 1.29 is 28.9 Å². The van der Waals surface area contributed by atoms with Crippen LogP contribution in [-0.2, 0) is 9.53 Å². The van der Waals surface area contributed by atoms with E-state index in [9.17, 15) is 24.2 Å². The minimum Gasteiger partial charge on any atom is -0.469 e. The molecule has 6 heteroatoms. The first kappa shape index (κ1) is 15.3. The smallest absolute Gasteiger partial charge is 0.308 e. The van der Waals surface area contributed by atoms with Crippen LogP contribution in [0.4, 0.5) is 4.39 Å². The summed E-state index contributed by atoms with van der Waals surface area (Å²) < 4.78 is 17.7. The van der Waals surface area contributed by atoms with Gasteiger partial charge in [0.1, 0.15) is 11.9 Å². The van der Waals surface area contributed by atoms with Crippen LogP contribution in [0.25, 0.3) is 0 Å². The molecule has 2 N–H and O–H groups in total. The van der Waals surface area contributed by atoms with Crippen molar-refractivity contribution in [2.45, 2.75) is 25.6 Å². The summed E-state index contributed by atoms with van der Waals surface area (Å²) >= 11 is 0. The molecular weight excluding hydrogens is 255 g/mol. The number of benzene rings is 1. The Morgan fingerprint density at radius 1 is 1.37 bits per heavy atom. The lowest BCUT2D eigenvalue weighted by atomic mass is 9.99. The van der Waals surface area contributed by atoms with Gasteiger partial charge in [-0.05, 0) is 24.6 Å². The average Bonchev–Trinajstić information content (AvgIpc) is 2.37. The first-order valence-corrected chi connectivity index (χ1v) is 5.60. The van der Waals surface area contributed by atoms with Gasteiger partial charge in [-0.15, -0.1) is 0 Å². The number of esters is 1. The van der Waals surface area contributed by atoms with Gasteiger partial charge in [-0.1, -0.05) is 6.07 Å². The van der Waals surface area contributed by atoms with Crippen molar-refractivity contribution in [1.82, 2.24) is 0 Å². The molecule has 0 saturated carbocycles. The van der Waals surface area contributed by atoms with E-state index in [0.29, 0.717) is 0 Å². The van der Waals surface area contributed by atoms with E-state index in [4.69, 9.17) is 0 Å². The fraction of sp³-hybridized carbons (Fsp3) is 0.385. The first-order valence-electron chi connectivity index (χ1n) is 5.60. The molecule has 104 valence electrons. The van der Waals surface area contributed by atoms with E-state index in [1.807, 2.05) is 0 Å². The van der Waals surface area contributed by atoms with Crippen LogP contribution in [0.3, 0.4) is 0 Å². The summed E-state index contributed by atoms with van der Waals surface area (Å²) in [6, 6.07) is 3.43. The second-order valence-corrected chi connectivity index (χ2v) is 4.09. The molecule has 2 atom stereocenters. The van der Waals surface area contributed by atoms with E-state index < -0.39 is 36.2 Å². The standard InChI is InChI=1S/C13H15FO5/c1-7(15)9-5-8(3-4-10(9)14)13(18)11(16)6-12(17)19-2/h3-5,11,13,16,18H,6H2,1-2H3. The first-order chi connectivity index (χ1) is 8.86. The van der Waals surface area contributed by atoms with Gasteiger partial charge < -0.3 is 14.9 Å². The summed E-state index contributed by atoms with van der Waals surface area (Å²) in [5, 5.41) is 19.5. The summed E-state index contributed by atoms with van der Waals surface area (Å²) in [5.74, 6) is -1.87. The molecule has 5 nitrogen and oxygen atoms in total. The molecular formula is C13H15FO5. The SMILES string of the molecule is COC(=O)CC(O)C(O)c1ccc(F)c(C(C)=O)c1. The van der Waals surface area contributed by atoms with Crippen molar-refractivity contribution in [3.63, 3.8) is 0 Å². The van der Waals surface area contributed by atoms with E-state index in [-0.39, 0.29) is 11.1 Å². The number of Topliss-reactive ketones (excluding diaryl/α,β-unsaturated/α-hetero) is 1. The zero-order chi connectivity index (χ0) is 14.6. The average molecular weight is 270 g/mol. The summed E-state index contributed by atoms with van der Waals surface area (Å²) in [4.78, 5) is 22.2. The van der Waals surface area contributed by atoms with E-state index in [0.717, 1.165) is 19.2 Å². The number of aliphatic hydroxyl groups is 2. The van der Waals surface area contributed by atoms with Crippen molar-refractivity contribution in [2.75, 3.05) is 7.11 Å². The normalized spacial score (nSPS) is 13.7. The summed E-state index contributed by atoms with van der Waals surface area (Å²) in [6.07, 6.45) is -3.19. The van der Waals surface area contributed by atoms with Gasteiger partial charge in [0.2, 0.25) is 0 Å². The van der Waals surface area contributed by atoms with E-state index in [1.54, 1.807) is 0 Å². The number of carbonyl (C=O) groups excluding carboxylic acids is 2. The Labute approximate surface area is 109 Å². The van der Waals surface area contributed by atoms with E-state index in [2.05, 4.69) is 4.74 Å². The van der Waals surface area contributed by atoms with Gasteiger partial charge in [0.15, 0.2) is 5.78 Å². The molecule has 0 heterocycles. The van der Waals surface area contributed by atoms with Gasteiger partial charge in [-0.3, -0.25) is 9.59 Å². The van der Waals surface area contributed by atoms with Crippen LogP contribution < -0.4 is 0 Å². The number of rotatable bonds is 5. The van der Waals surface area contributed by atoms with Gasteiger partial charge in [-0.2, -0.15) is 0 Å². The highest BCUT2D eigenvalue weighted by molar-refractivity contribution is 5.94. The van der Waals surface area contributed by atoms with Crippen LogP contribution >= 0.6 is 0 Å². The third-order valence-electron chi connectivity index (χ3n) is 2.68. The molecule has 0 spiro atoms. The van der Waals surface area contributed by atoms with Crippen molar-refractivity contribution in [3.8, 4) is 0 Å². The van der Waals surface area contributed by atoms with Gasteiger partial charge in [0.25, 0.3) is 0 Å². The van der Waals surface area contributed by atoms with Crippen molar-refractivity contribution >= 4 is 11.8 Å².